The molecular weight excluding hydrogens is 536 g/mol. The van der Waals surface area contributed by atoms with E-state index < -0.39 is 6.10 Å². The van der Waals surface area contributed by atoms with Crippen molar-refractivity contribution >= 4 is 11.8 Å². The Hall–Kier alpha value is -1.32. The van der Waals surface area contributed by atoms with Crippen molar-refractivity contribution in [2.24, 2.45) is 17.8 Å². The van der Waals surface area contributed by atoms with Crippen molar-refractivity contribution in [2.45, 2.75) is 154 Å². The lowest BCUT2D eigenvalue weighted by atomic mass is 9.87. The van der Waals surface area contributed by atoms with Gasteiger partial charge in [-0.2, -0.15) is 0 Å². The molecule has 0 spiro atoms. The zero-order valence-corrected chi connectivity index (χ0v) is 26.5. The predicted molar refractivity (Wildman–Crippen MR) is 162 cm³/mol. The largest absolute Gasteiger partial charge is 0.469 e. The number of ether oxygens (including phenoxy) is 5. The quantitative estimate of drug-likeness (QED) is 0.101. The number of hydrogen-bond acceptors (Lipinski definition) is 8. The molecule has 3 rings (SSSR count). The van der Waals surface area contributed by atoms with Crippen LogP contribution in [0.25, 0.3) is 0 Å². The number of carbonyl (C=O) groups excluding carboxylic acids is 2. The third-order valence-corrected chi connectivity index (χ3v) is 9.08. The second-order valence-corrected chi connectivity index (χ2v) is 12.7. The number of aliphatic hydroxyl groups excluding tert-OH is 1. The molecule has 0 aromatic heterocycles. The Balaban J connectivity index is 1.69. The summed E-state index contributed by atoms with van der Waals surface area (Å²) >= 11 is 0. The molecule has 0 radical (unpaired) electrons. The average molecular weight is 595 g/mol. The number of methoxy groups -OCH3 is 1. The molecule has 3 aliphatic rings. The van der Waals surface area contributed by atoms with Crippen LogP contribution in [0, 0.1) is 17.8 Å². The molecular formula is C34H58O8. The molecule has 0 aromatic carbocycles. The van der Waals surface area contributed by atoms with Gasteiger partial charge in [-0.05, 0) is 63.7 Å². The standard InChI is InChI=1S/C34H58O8/c1-4-5-6-13-25(2)22-27(41-33-16-9-11-20-39-33)18-19-28-29(23-26(35)14-7-8-15-32(37)38-3)30(36)24-31(28)42-34-17-10-12-21-40-34/h18-19,25,27-31,33-34,36H,4-17,20-24H2,1-3H3/t25-,27+,28+,29+,30-,31+,33?,34?/m0/s1. The topological polar surface area (TPSA) is 101 Å². The summed E-state index contributed by atoms with van der Waals surface area (Å²) < 4.78 is 29.5. The van der Waals surface area contributed by atoms with Crippen molar-refractivity contribution in [1.29, 1.82) is 0 Å². The van der Waals surface area contributed by atoms with Crippen LogP contribution in [0.5, 0.6) is 0 Å². The Kier molecular flexibility index (Phi) is 16.6. The van der Waals surface area contributed by atoms with Crippen molar-refractivity contribution in [3.63, 3.8) is 0 Å². The Labute approximate surface area is 254 Å². The summed E-state index contributed by atoms with van der Waals surface area (Å²) in [4.78, 5) is 24.4. The van der Waals surface area contributed by atoms with Crippen LogP contribution in [0.1, 0.15) is 123 Å². The first-order chi connectivity index (χ1) is 20.4. The first kappa shape index (κ1) is 35.2. The molecule has 2 heterocycles. The predicted octanol–water partition coefficient (Wildman–Crippen LogP) is 6.66. The van der Waals surface area contributed by atoms with Crippen molar-refractivity contribution in [3.05, 3.63) is 12.2 Å². The van der Waals surface area contributed by atoms with Gasteiger partial charge >= 0.3 is 5.97 Å². The lowest BCUT2D eigenvalue weighted by Gasteiger charge is -2.30. The number of unbranched alkanes of at least 4 members (excludes halogenated alkanes) is 3. The summed E-state index contributed by atoms with van der Waals surface area (Å²) in [5.74, 6) is 0.0486. The van der Waals surface area contributed by atoms with E-state index in [1.807, 2.05) is 0 Å². The minimum Gasteiger partial charge on any atom is -0.469 e. The van der Waals surface area contributed by atoms with Crippen molar-refractivity contribution in [2.75, 3.05) is 20.3 Å². The Morgan fingerprint density at radius 2 is 1.69 bits per heavy atom. The lowest BCUT2D eigenvalue weighted by Crippen LogP contribution is -2.32. The van der Waals surface area contributed by atoms with Gasteiger partial charge in [-0.25, -0.2) is 0 Å². The second-order valence-electron chi connectivity index (χ2n) is 12.7. The number of Topliss-reactive ketones (excluding diaryl/α,β-unsaturated/α-hetero) is 1. The normalized spacial score (nSPS) is 29.9. The highest BCUT2D eigenvalue weighted by Gasteiger charge is 2.44. The number of carbonyl (C=O) groups is 2. The zero-order valence-electron chi connectivity index (χ0n) is 26.5. The van der Waals surface area contributed by atoms with Crippen LogP contribution in [0.2, 0.25) is 0 Å². The first-order valence-corrected chi connectivity index (χ1v) is 16.9. The maximum absolute atomic E-state index is 13.0. The van der Waals surface area contributed by atoms with Gasteiger partial charge in [0.05, 0.1) is 25.4 Å². The number of ketones is 1. The molecule has 8 heteroatoms. The van der Waals surface area contributed by atoms with Crippen molar-refractivity contribution < 1.29 is 38.4 Å². The van der Waals surface area contributed by atoms with Crippen LogP contribution in [-0.4, -0.2) is 68.1 Å². The highest BCUT2D eigenvalue weighted by atomic mass is 16.7. The SMILES string of the molecule is CCCCC[C@H](C)C[C@@H](C=C[C@@H]1[C@@H](CC(=O)CCCCC(=O)OC)[C@@H](O)C[C@H]1OC1CCCCO1)OC1CCCCO1. The molecule has 1 saturated carbocycles. The number of aliphatic hydroxyl groups is 1. The molecule has 8 atom stereocenters. The van der Waals surface area contributed by atoms with Crippen LogP contribution in [0.15, 0.2) is 12.2 Å². The summed E-state index contributed by atoms with van der Waals surface area (Å²) in [6.07, 6.45) is 17.5. The molecule has 2 unspecified atom stereocenters. The number of hydrogen-bond donors (Lipinski definition) is 1. The second kappa shape index (κ2) is 19.9. The molecule has 0 aromatic rings. The van der Waals surface area contributed by atoms with E-state index in [2.05, 4.69) is 26.0 Å². The fourth-order valence-corrected chi connectivity index (χ4v) is 6.56. The van der Waals surface area contributed by atoms with Crippen LogP contribution >= 0.6 is 0 Å². The average Bonchev–Trinajstić information content (AvgIpc) is 3.27. The molecule has 1 N–H and O–H groups in total. The van der Waals surface area contributed by atoms with E-state index in [1.165, 1.54) is 32.8 Å². The zero-order chi connectivity index (χ0) is 30.2. The van der Waals surface area contributed by atoms with Gasteiger partial charge in [0.15, 0.2) is 12.6 Å². The van der Waals surface area contributed by atoms with E-state index in [9.17, 15) is 14.7 Å². The third-order valence-electron chi connectivity index (χ3n) is 9.08. The summed E-state index contributed by atoms with van der Waals surface area (Å²) in [5.41, 5.74) is 0. The molecule has 242 valence electrons. The van der Waals surface area contributed by atoms with Gasteiger partial charge in [-0.15, -0.1) is 0 Å². The van der Waals surface area contributed by atoms with Crippen LogP contribution in [-0.2, 0) is 33.3 Å². The Morgan fingerprint density at radius 3 is 2.36 bits per heavy atom. The summed E-state index contributed by atoms with van der Waals surface area (Å²) in [6.45, 7) is 5.97. The van der Waals surface area contributed by atoms with Crippen LogP contribution < -0.4 is 0 Å². The molecule has 2 saturated heterocycles. The maximum Gasteiger partial charge on any atom is 0.305 e. The fourth-order valence-electron chi connectivity index (χ4n) is 6.56. The minimum atomic E-state index is -0.624. The van der Waals surface area contributed by atoms with E-state index >= 15 is 0 Å². The van der Waals surface area contributed by atoms with Crippen LogP contribution in [0.3, 0.4) is 0 Å². The van der Waals surface area contributed by atoms with Gasteiger partial charge in [0.1, 0.15) is 5.78 Å². The molecule has 0 amide bonds. The smallest absolute Gasteiger partial charge is 0.305 e. The Morgan fingerprint density at radius 1 is 0.976 bits per heavy atom. The highest BCUT2D eigenvalue weighted by molar-refractivity contribution is 5.78. The van der Waals surface area contributed by atoms with E-state index in [0.717, 1.165) is 51.6 Å². The minimum absolute atomic E-state index is 0.0938. The lowest BCUT2D eigenvalue weighted by molar-refractivity contribution is -0.193. The van der Waals surface area contributed by atoms with Crippen LogP contribution in [0.4, 0.5) is 0 Å². The van der Waals surface area contributed by atoms with Gasteiger partial charge in [0, 0.05) is 50.7 Å². The molecule has 2 aliphatic heterocycles. The van der Waals surface area contributed by atoms with E-state index in [1.54, 1.807) is 0 Å². The highest BCUT2D eigenvalue weighted by Crippen LogP contribution is 2.40. The third kappa shape index (κ3) is 12.7. The molecule has 42 heavy (non-hydrogen) atoms. The maximum atomic E-state index is 13.0. The van der Waals surface area contributed by atoms with E-state index in [-0.39, 0.29) is 48.4 Å². The Bertz CT molecular complexity index is 788. The summed E-state index contributed by atoms with van der Waals surface area (Å²) in [5, 5.41) is 11.2. The summed E-state index contributed by atoms with van der Waals surface area (Å²) in [7, 11) is 1.38. The number of esters is 1. The van der Waals surface area contributed by atoms with E-state index in [4.69, 9.17) is 23.7 Å². The van der Waals surface area contributed by atoms with Gasteiger partial charge in [-0.3, -0.25) is 9.59 Å². The number of rotatable bonds is 19. The molecule has 0 bridgehead atoms. The van der Waals surface area contributed by atoms with Gasteiger partial charge < -0.3 is 28.8 Å². The molecule has 3 fully saturated rings. The van der Waals surface area contributed by atoms with Crippen molar-refractivity contribution in [3.8, 4) is 0 Å². The van der Waals surface area contributed by atoms with Crippen molar-refractivity contribution in [1.82, 2.24) is 0 Å². The van der Waals surface area contributed by atoms with Gasteiger partial charge in [0.2, 0.25) is 0 Å². The summed E-state index contributed by atoms with van der Waals surface area (Å²) in [6, 6.07) is 0. The fraction of sp³-hybridized carbons (Fsp3) is 0.882. The molecule has 8 nitrogen and oxygen atoms in total. The molecule has 1 aliphatic carbocycles. The van der Waals surface area contributed by atoms with Gasteiger partial charge in [-0.1, -0.05) is 51.7 Å². The first-order valence-electron chi connectivity index (χ1n) is 16.9. The monoisotopic (exact) mass is 594 g/mol. The van der Waals surface area contributed by atoms with Gasteiger partial charge in [0.25, 0.3) is 0 Å². The van der Waals surface area contributed by atoms with E-state index in [0.29, 0.717) is 51.0 Å².